The number of nitrogens with zero attached hydrogens (tertiary/aromatic N) is 2. The molecule has 78 valence electrons. The predicted octanol–water partition coefficient (Wildman–Crippen LogP) is 2.69. The first-order valence-electron chi connectivity index (χ1n) is 4.72. The van der Waals surface area contributed by atoms with Crippen molar-refractivity contribution < 1.29 is 0 Å². The van der Waals surface area contributed by atoms with Crippen molar-refractivity contribution in [3.8, 4) is 0 Å². The van der Waals surface area contributed by atoms with E-state index in [1.165, 1.54) is 0 Å². The van der Waals surface area contributed by atoms with Crippen molar-refractivity contribution in [1.29, 1.82) is 0 Å². The van der Waals surface area contributed by atoms with Crippen LogP contribution >= 0.6 is 11.6 Å². The lowest BCUT2D eigenvalue weighted by molar-refractivity contribution is 0.900. The Morgan fingerprint density at radius 3 is 2.87 bits per heavy atom. The lowest BCUT2D eigenvalue weighted by Gasteiger charge is -2.07. The van der Waals surface area contributed by atoms with Crippen LogP contribution in [0.3, 0.4) is 0 Å². The molecule has 0 saturated carbocycles. The Morgan fingerprint density at radius 2 is 2.20 bits per heavy atom. The molecule has 0 atom stereocenters. The molecule has 15 heavy (non-hydrogen) atoms. The Balaban J connectivity index is 2.06. The monoisotopic (exact) mass is 221 g/mol. The number of aryl methyl sites for hydroxylation is 1. The van der Waals surface area contributed by atoms with E-state index in [4.69, 9.17) is 11.6 Å². The van der Waals surface area contributed by atoms with Crippen LogP contribution in [0.4, 0.5) is 5.95 Å². The molecule has 0 aliphatic heterocycles. The van der Waals surface area contributed by atoms with E-state index in [1.807, 2.05) is 42.1 Å². The zero-order valence-electron chi connectivity index (χ0n) is 8.44. The van der Waals surface area contributed by atoms with Crippen LogP contribution in [0.1, 0.15) is 5.56 Å². The van der Waals surface area contributed by atoms with Gasteiger partial charge in [-0.15, -0.1) is 0 Å². The minimum Gasteiger partial charge on any atom is -0.352 e. The quantitative estimate of drug-likeness (QED) is 0.864. The second-order valence-corrected chi connectivity index (χ2v) is 3.71. The van der Waals surface area contributed by atoms with E-state index < -0.39 is 0 Å². The van der Waals surface area contributed by atoms with E-state index in [9.17, 15) is 0 Å². The van der Waals surface area contributed by atoms with Gasteiger partial charge in [0.05, 0.1) is 0 Å². The fraction of sp³-hybridized carbons (Fsp3) is 0.182. The molecular weight excluding hydrogens is 210 g/mol. The summed E-state index contributed by atoms with van der Waals surface area (Å²) < 4.78 is 1.93. The SMILES string of the molecule is Cn1ccnc1NCc1ccccc1Cl. The van der Waals surface area contributed by atoms with Crippen molar-refractivity contribution >= 4 is 17.5 Å². The molecule has 0 aliphatic carbocycles. The number of halogens is 1. The number of hydrogen-bond acceptors (Lipinski definition) is 2. The van der Waals surface area contributed by atoms with E-state index in [2.05, 4.69) is 10.3 Å². The van der Waals surface area contributed by atoms with Gasteiger partial charge in [-0.2, -0.15) is 0 Å². The summed E-state index contributed by atoms with van der Waals surface area (Å²) >= 11 is 6.04. The molecule has 4 heteroatoms. The highest BCUT2D eigenvalue weighted by atomic mass is 35.5. The second-order valence-electron chi connectivity index (χ2n) is 3.31. The maximum atomic E-state index is 6.04. The number of hydrogen-bond donors (Lipinski definition) is 1. The summed E-state index contributed by atoms with van der Waals surface area (Å²) in [4.78, 5) is 4.17. The summed E-state index contributed by atoms with van der Waals surface area (Å²) in [5, 5.41) is 3.99. The first kappa shape index (κ1) is 10.1. The van der Waals surface area contributed by atoms with Crippen molar-refractivity contribution in [3.63, 3.8) is 0 Å². The molecule has 0 aliphatic rings. The van der Waals surface area contributed by atoms with Gasteiger partial charge in [-0.1, -0.05) is 29.8 Å². The minimum atomic E-state index is 0.685. The van der Waals surface area contributed by atoms with Crippen molar-refractivity contribution in [2.75, 3.05) is 5.32 Å². The van der Waals surface area contributed by atoms with Gasteiger partial charge < -0.3 is 9.88 Å². The number of anilines is 1. The van der Waals surface area contributed by atoms with Crippen LogP contribution in [0.5, 0.6) is 0 Å². The van der Waals surface area contributed by atoms with Gasteiger partial charge in [0.1, 0.15) is 0 Å². The first-order valence-corrected chi connectivity index (χ1v) is 5.10. The van der Waals surface area contributed by atoms with E-state index in [0.29, 0.717) is 6.54 Å². The van der Waals surface area contributed by atoms with Gasteiger partial charge in [-0.25, -0.2) is 4.98 Å². The van der Waals surface area contributed by atoms with Crippen LogP contribution < -0.4 is 5.32 Å². The predicted molar refractivity (Wildman–Crippen MR) is 62.0 cm³/mol. The molecule has 0 amide bonds. The molecule has 0 bridgehead atoms. The third kappa shape index (κ3) is 2.30. The van der Waals surface area contributed by atoms with Gasteiger partial charge in [0.25, 0.3) is 0 Å². The van der Waals surface area contributed by atoms with Crippen LogP contribution in [-0.2, 0) is 13.6 Å². The summed E-state index contributed by atoms with van der Waals surface area (Å²) in [5.74, 6) is 0.843. The van der Waals surface area contributed by atoms with Crippen LogP contribution in [0.15, 0.2) is 36.7 Å². The molecular formula is C11H12ClN3. The molecule has 1 aromatic carbocycles. The molecule has 0 spiro atoms. The Bertz CT molecular complexity index is 451. The van der Waals surface area contributed by atoms with E-state index >= 15 is 0 Å². The van der Waals surface area contributed by atoms with Crippen LogP contribution in [0.2, 0.25) is 5.02 Å². The largest absolute Gasteiger partial charge is 0.352 e. The second kappa shape index (κ2) is 4.36. The van der Waals surface area contributed by atoms with Gasteiger partial charge in [-0.05, 0) is 11.6 Å². The highest BCUT2D eigenvalue weighted by Crippen LogP contribution is 2.15. The molecule has 0 radical (unpaired) electrons. The highest BCUT2D eigenvalue weighted by molar-refractivity contribution is 6.31. The summed E-state index contributed by atoms with van der Waals surface area (Å²) in [5.41, 5.74) is 1.07. The van der Waals surface area contributed by atoms with Crippen molar-refractivity contribution in [2.24, 2.45) is 7.05 Å². The lowest BCUT2D eigenvalue weighted by Crippen LogP contribution is -2.04. The van der Waals surface area contributed by atoms with E-state index in [1.54, 1.807) is 6.20 Å². The van der Waals surface area contributed by atoms with E-state index in [0.717, 1.165) is 16.5 Å². The van der Waals surface area contributed by atoms with Gasteiger partial charge in [-0.3, -0.25) is 0 Å². The summed E-state index contributed by atoms with van der Waals surface area (Å²) in [6.45, 7) is 0.685. The van der Waals surface area contributed by atoms with E-state index in [-0.39, 0.29) is 0 Å². The Labute approximate surface area is 93.7 Å². The Hall–Kier alpha value is -1.48. The number of aromatic nitrogens is 2. The minimum absolute atomic E-state index is 0.685. The van der Waals surface area contributed by atoms with Crippen LogP contribution in [0.25, 0.3) is 0 Å². The molecule has 0 unspecified atom stereocenters. The van der Waals surface area contributed by atoms with Gasteiger partial charge in [0.2, 0.25) is 5.95 Å². The average molecular weight is 222 g/mol. The van der Waals surface area contributed by atoms with Gasteiger partial charge in [0.15, 0.2) is 0 Å². The topological polar surface area (TPSA) is 29.9 Å². The standard InChI is InChI=1S/C11H12ClN3/c1-15-7-6-13-11(15)14-8-9-4-2-3-5-10(9)12/h2-7H,8H2,1H3,(H,13,14). The molecule has 1 N–H and O–H groups in total. The third-order valence-electron chi connectivity index (χ3n) is 2.22. The average Bonchev–Trinajstić information content (AvgIpc) is 2.63. The number of nitrogens with one attached hydrogen (secondary N) is 1. The maximum Gasteiger partial charge on any atom is 0.202 e. The van der Waals surface area contributed by atoms with Crippen LogP contribution in [0, 0.1) is 0 Å². The molecule has 2 rings (SSSR count). The van der Waals surface area contributed by atoms with Crippen molar-refractivity contribution in [2.45, 2.75) is 6.54 Å². The van der Waals surface area contributed by atoms with Crippen molar-refractivity contribution in [1.82, 2.24) is 9.55 Å². The fourth-order valence-corrected chi connectivity index (χ4v) is 1.55. The number of rotatable bonds is 3. The summed E-state index contributed by atoms with van der Waals surface area (Å²) in [6.07, 6.45) is 3.66. The number of benzene rings is 1. The molecule has 1 heterocycles. The number of imidazole rings is 1. The summed E-state index contributed by atoms with van der Waals surface area (Å²) in [7, 11) is 1.95. The van der Waals surface area contributed by atoms with Gasteiger partial charge in [0, 0.05) is 31.0 Å². The first-order chi connectivity index (χ1) is 7.27. The zero-order chi connectivity index (χ0) is 10.7. The fourth-order valence-electron chi connectivity index (χ4n) is 1.35. The molecule has 2 aromatic rings. The highest BCUT2D eigenvalue weighted by Gasteiger charge is 2.00. The zero-order valence-corrected chi connectivity index (χ0v) is 9.20. The lowest BCUT2D eigenvalue weighted by atomic mass is 10.2. The summed E-state index contributed by atoms with van der Waals surface area (Å²) in [6, 6.07) is 7.78. The molecule has 0 fully saturated rings. The van der Waals surface area contributed by atoms with Gasteiger partial charge >= 0.3 is 0 Å². The van der Waals surface area contributed by atoms with Crippen molar-refractivity contribution in [3.05, 3.63) is 47.2 Å². The Kier molecular flexibility index (Phi) is 2.92. The Morgan fingerprint density at radius 1 is 1.40 bits per heavy atom. The normalized spacial score (nSPS) is 10.3. The molecule has 1 aromatic heterocycles. The van der Waals surface area contributed by atoms with Crippen LogP contribution in [-0.4, -0.2) is 9.55 Å². The third-order valence-corrected chi connectivity index (χ3v) is 2.58. The molecule has 0 saturated heterocycles. The molecule has 3 nitrogen and oxygen atoms in total. The smallest absolute Gasteiger partial charge is 0.202 e. The maximum absolute atomic E-state index is 6.04.